The number of para-hydroxylation sites is 1. The van der Waals surface area contributed by atoms with Crippen LogP contribution in [-0.2, 0) is 16.4 Å². The first-order chi connectivity index (χ1) is 9.09. The van der Waals surface area contributed by atoms with E-state index in [-0.39, 0.29) is 5.75 Å². The fourth-order valence-electron chi connectivity index (χ4n) is 1.84. The van der Waals surface area contributed by atoms with Crippen LogP contribution in [0.5, 0.6) is 0 Å². The lowest BCUT2D eigenvalue weighted by Gasteiger charge is -2.11. The minimum Gasteiger partial charge on any atom is -0.317 e. The molecule has 0 unspecified atom stereocenters. The lowest BCUT2D eigenvalue weighted by atomic mass is 10.1. The molecule has 0 spiro atoms. The van der Waals surface area contributed by atoms with E-state index >= 15 is 0 Å². The minimum atomic E-state index is -3.24. The summed E-state index contributed by atoms with van der Waals surface area (Å²) >= 11 is 0. The molecule has 2 N–H and O–H groups in total. The Labute approximate surface area is 116 Å². The maximum atomic E-state index is 12.0. The number of aryl methyl sites for hydroxylation is 1. The number of sulfonamides is 1. The second kappa shape index (κ2) is 8.17. The molecule has 1 aromatic carbocycles. The average Bonchev–Trinajstić information content (AvgIpc) is 2.38. The Morgan fingerprint density at radius 2 is 1.84 bits per heavy atom. The Kier molecular flexibility index (Phi) is 6.87. The molecule has 0 amide bonds. The Morgan fingerprint density at radius 3 is 2.53 bits per heavy atom. The summed E-state index contributed by atoms with van der Waals surface area (Å²) in [6.07, 6.45) is 2.51. The van der Waals surface area contributed by atoms with E-state index in [4.69, 9.17) is 0 Å². The van der Waals surface area contributed by atoms with Gasteiger partial charge in [-0.15, -0.1) is 0 Å². The van der Waals surface area contributed by atoms with Crippen LogP contribution >= 0.6 is 0 Å². The molecule has 1 rings (SSSR count). The first kappa shape index (κ1) is 16.0. The largest absolute Gasteiger partial charge is 0.317 e. The molecule has 0 bridgehead atoms. The molecule has 0 saturated heterocycles. The van der Waals surface area contributed by atoms with Crippen molar-refractivity contribution in [2.45, 2.75) is 33.1 Å². The van der Waals surface area contributed by atoms with Gasteiger partial charge in [0.1, 0.15) is 0 Å². The zero-order valence-electron chi connectivity index (χ0n) is 11.8. The van der Waals surface area contributed by atoms with Crippen LogP contribution in [0.25, 0.3) is 0 Å². The molecule has 0 radical (unpaired) electrons. The summed E-state index contributed by atoms with van der Waals surface area (Å²) < 4.78 is 26.6. The Morgan fingerprint density at radius 1 is 1.11 bits per heavy atom. The van der Waals surface area contributed by atoms with E-state index in [1.165, 1.54) is 0 Å². The highest BCUT2D eigenvalue weighted by atomic mass is 32.2. The van der Waals surface area contributed by atoms with Crippen LogP contribution in [-0.4, -0.2) is 27.3 Å². The highest BCUT2D eigenvalue weighted by Gasteiger charge is 2.11. The summed E-state index contributed by atoms with van der Waals surface area (Å²) in [5.74, 6) is 0.155. The maximum absolute atomic E-state index is 12.0. The first-order valence-electron chi connectivity index (χ1n) is 6.88. The van der Waals surface area contributed by atoms with Crippen molar-refractivity contribution in [2.75, 3.05) is 23.6 Å². The van der Waals surface area contributed by atoms with Crippen LogP contribution < -0.4 is 10.0 Å². The van der Waals surface area contributed by atoms with Crippen LogP contribution in [0.1, 0.15) is 32.3 Å². The van der Waals surface area contributed by atoms with Gasteiger partial charge in [0.05, 0.1) is 11.4 Å². The lowest BCUT2D eigenvalue weighted by molar-refractivity contribution is 0.593. The summed E-state index contributed by atoms with van der Waals surface area (Å²) in [5, 5.41) is 3.20. The number of rotatable bonds is 9. The Hall–Kier alpha value is -1.07. The fourth-order valence-corrected chi connectivity index (χ4v) is 3.00. The summed E-state index contributed by atoms with van der Waals surface area (Å²) in [7, 11) is -3.24. The minimum absolute atomic E-state index is 0.155. The van der Waals surface area contributed by atoms with Gasteiger partial charge in [0.25, 0.3) is 0 Å². The van der Waals surface area contributed by atoms with Crippen LogP contribution in [0.2, 0.25) is 0 Å². The highest BCUT2D eigenvalue weighted by Crippen LogP contribution is 2.17. The van der Waals surface area contributed by atoms with Gasteiger partial charge in [-0.25, -0.2) is 8.42 Å². The van der Waals surface area contributed by atoms with Gasteiger partial charge in [-0.1, -0.05) is 32.0 Å². The van der Waals surface area contributed by atoms with Crippen LogP contribution in [0.3, 0.4) is 0 Å². The molecule has 0 aromatic heterocycles. The second-order valence-corrected chi connectivity index (χ2v) is 6.38. The van der Waals surface area contributed by atoms with Crippen molar-refractivity contribution in [3.8, 4) is 0 Å². The third-order valence-electron chi connectivity index (χ3n) is 2.86. The van der Waals surface area contributed by atoms with Gasteiger partial charge in [-0.3, -0.25) is 4.72 Å². The van der Waals surface area contributed by atoms with E-state index in [1.807, 2.05) is 31.2 Å². The van der Waals surface area contributed by atoms with Crippen molar-refractivity contribution in [3.63, 3.8) is 0 Å². The normalized spacial score (nSPS) is 11.5. The number of nitrogens with one attached hydrogen (secondary N) is 2. The number of anilines is 1. The molecule has 0 fully saturated rings. The number of hydrogen-bond donors (Lipinski definition) is 2. The summed E-state index contributed by atoms with van der Waals surface area (Å²) in [4.78, 5) is 0. The first-order valence-corrected chi connectivity index (χ1v) is 8.53. The second-order valence-electron chi connectivity index (χ2n) is 4.54. The van der Waals surface area contributed by atoms with Crippen LogP contribution in [0.15, 0.2) is 24.3 Å². The monoisotopic (exact) mass is 284 g/mol. The van der Waals surface area contributed by atoms with Crippen LogP contribution in [0.4, 0.5) is 5.69 Å². The number of benzene rings is 1. The third-order valence-corrected chi connectivity index (χ3v) is 4.21. The predicted octanol–water partition coefficient (Wildman–Crippen LogP) is 2.38. The molecule has 0 aliphatic heterocycles. The quantitative estimate of drug-likeness (QED) is 0.685. The maximum Gasteiger partial charge on any atom is 0.232 e. The summed E-state index contributed by atoms with van der Waals surface area (Å²) in [6, 6.07) is 7.53. The summed E-state index contributed by atoms with van der Waals surface area (Å²) in [6.45, 7) is 5.78. The van der Waals surface area contributed by atoms with Gasteiger partial charge < -0.3 is 5.32 Å². The summed E-state index contributed by atoms with van der Waals surface area (Å²) in [5.41, 5.74) is 1.72. The third kappa shape index (κ3) is 6.07. The zero-order valence-corrected chi connectivity index (χ0v) is 12.6. The van der Waals surface area contributed by atoms with Gasteiger partial charge in [-0.2, -0.15) is 0 Å². The molecule has 108 valence electrons. The van der Waals surface area contributed by atoms with E-state index in [0.717, 1.165) is 31.5 Å². The van der Waals surface area contributed by atoms with Crippen molar-refractivity contribution in [1.29, 1.82) is 0 Å². The van der Waals surface area contributed by atoms with Crippen molar-refractivity contribution < 1.29 is 8.42 Å². The van der Waals surface area contributed by atoms with E-state index < -0.39 is 10.0 Å². The van der Waals surface area contributed by atoms with Crippen molar-refractivity contribution in [1.82, 2.24) is 5.32 Å². The van der Waals surface area contributed by atoms with Gasteiger partial charge >= 0.3 is 0 Å². The van der Waals surface area contributed by atoms with Crippen LogP contribution in [0, 0.1) is 0 Å². The molecular formula is C14H24N2O2S. The molecule has 0 saturated carbocycles. The van der Waals surface area contributed by atoms with E-state index in [1.54, 1.807) is 0 Å². The SMILES string of the molecule is CCCNCCCS(=O)(=O)Nc1ccccc1CC. The van der Waals surface area contributed by atoms with Crippen molar-refractivity contribution in [3.05, 3.63) is 29.8 Å². The van der Waals surface area contributed by atoms with Gasteiger partial charge in [0.2, 0.25) is 10.0 Å². The average molecular weight is 284 g/mol. The van der Waals surface area contributed by atoms with Gasteiger partial charge in [0.15, 0.2) is 0 Å². The molecule has 0 aliphatic rings. The topological polar surface area (TPSA) is 58.2 Å². The predicted molar refractivity (Wildman–Crippen MR) is 81.0 cm³/mol. The molecule has 4 nitrogen and oxygen atoms in total. The molecule has 5 heteroatoms. The fraction of sp³-hybridized carbons (Fsp3) is 0.571. The smallest absolute Gasteiger partial charge is 0.232 e. The van der Waals surface area contributed by atoms with E-state index in [2.05, 4.69) is 17.0 Å². The zero-order chi connectivity index (χ0) is 14.1. The molecule has 0 atom stereocenters. The number of hydrogen-bond acceptors (Lipinski definition) is 3. The van der Waals surface area contributed by atoms with E-state index in [9.17, 15) is 8.42 Å². The van der Waals surface area contributed by atoms with Gasteiger partial charge in [0, 0.05) is 0 Å². The molecule has 0 heterocycles. The Bertz CT molecular complexity index is 472. The lowest BCUT2D eigenvalue weighted by Crippen LogP contribution is -2.22. The Balaban J connectivity index is 2.50. The molecule has 19 heavy (non-hydrogen) atoms. The molecular weight excluding hydrogens is 260 g/mol. The van der Waals surface area contributed by atoms with Crippen molar-refractivity contribution >= 4 is 15.7 Å². The standard InChI is InChI=1S/C14H24N2O2S/c1-3-10-15-11-7-12-19(17,18)16-14-9-6-5-8-13(14)4-2/h5-6,8-9,15-16H,3-4,7,10-12H2,1-2H3. The molecule has 0 aliphatic carbocycles. The van der Waals surface area contributed by atoms with Gasteiger partial charge in [-0.05, 0) is 44.0 Å². The van der Waals surface area contributed by atoms with E-state index in [0.29, 0.717) is 12.1 Å². The van der Waals surface area contributed by atoms with Crippen molar-refractivity contribution in [2.24, 2.45) is 0 Å². The highest BCUT2D eigenvalue weighted by molar-refractivity contribution is 7.92. The molecule has 1 aromatic rings.